The average molecular weight is 240 g/mol. The fraction of sp³-hybridized carbons (Fsp3) is 0.273. The molecule has 6 nitrogen and oxygen atoms in total. The van der Waals surface area contributed by atoms with E-state index in [-0.39, 0.29) is 6.54 Å². The van der Waals surface area contributed by atoms with Gasteiger partial charge in [-0.3, -0.25) is 9.59 Å². The number of carboxylic acid groups (broad SMARTS) is 2. The molecule has 0 spiro atoms. The Morgan fingerprint density at radius 3 is 2.00 bits per heavy atom. The SMILES string of the molecule is NCC(=O)O.N[C@@H](Cc1ccccc1)C(=O)O. The summed E-state index contributed by atoms with van der Waals surface area (Å²) in [5.74, 6) is -1.93. The molecule has 0 heterocycles. The van der Waals surface area contributed by atoms with Gasteiger partial charge in [-0.2, -0.15) is 0 Å². The zero-order valence-electron chi connectivity index (χ0n) is 9.24. The third kappa shape index (κ3) is 7.95. The minimum absolute atomic E-state index is 0.278. The van der Waals surface area contributed by atoms with Crippen molar-refractivity contribution in [2.45, 2.75) is 12.5 Å². The predicted octanol–water partition coefficient (Wildman–Crippen LogP) is -0.329. The first-order valence-electron chi connectivity index (χ1n) is 4.91. The van der Waals surface area contributed by atoms with Gasteiger partial charge in [-0.1, -0.05) is 30.3 Å². The fourth-order valence-corrected chi connectivity index (χ4v) is 0.955. The molecule has 0 unspecified atom stereocenters. The fourth-order valence-electron chi connectivity index (χ4n) is 0.955. The van der Waals surface area contributed by atoms with Crippen LogP contribution in [-0.4, -0.2) is 34.7 Å². The topological polar surface area (TPSA) is 127 Å². The van der Waals surface area contributed by atoms with Crippen LogP contribution >= 0.6 is 0 Å². The van der Waals surface area contributed by atoms with Gasteiger partial charge >= 0.3 is 11.9 Å². The lowest BCUT2D eigenvalue weighted by atomic mass is 10.1. The number of hydrogen-bond donors (Lipinski definition) is 4. The molecule has 0 aromatic heterocycles. The zero-order valence-corrected chi connectivity index (χ0v) is 9.24. The quantitative estimate of drug-likeness (QED) is 0.570. The van der Waals surface area contributed by atoms with E-state index in [0.29, 0.717) is 6.42 Å². The van der Waals surface area contributed by atoms with Crippen LogP contribution in [-0.2, 0) is 16.0 Å². The molecular weight excluding hydrogens is 224 g/mol. The number of aliphatic carboxylic acids is 2. The lowest BCUT2D eigenvalue weighted by molar-refractivity contribution is -0.138. The maximum atomic E-state index is 10.4. The van der Waals surface area contributed by atoms with Gasteiger partial charge in [-0.25, -0.2) is 0 Å². The number of nitrogens with two attached hydrogens (primary N) is 2. The van der Waals surface area contributed by atoms with E-state index in [1.165, 1.54) is 0 Å². The maximum absolute atomic E-state index is 10.4. The molecule has 0 radical (unpaired) electrons. The maximum Gasteiger partial charge on any atom is 0.320 e. The van der Waals surface area contributed by atoms with E-state index in [0.717, 1.165) is 5.56 Å². The van der Waals surface area contributed by atoms with Crippen LogP contribution in [0.25, 0.3) is 0 Å². The number of rotatable bonds is 4. The van der Waals surface area contributed by atoms with Crippen LogP contribution in [0.5, 0.6) is 0 Å². The van der Waals surface area contributed by atoms with Crippen LogP contribution in [0.15, 0.2) is 30.3 Å². The Morgan fingerprint density at radius 1 is 1.18 bits per heavy atom. The summed E-state index contributed by atoms with van der Waals surface area (Å²) in [6.45, 7) is -0.278. The van der Waals surface area contributed by atoms with Gasteiger partial charge in [-0.15, -0.1) is 0 Å². The van der Waals surface area contributed by atoms with Crippen molar-refractivity contribution in [1.82, 2.24) is 0 Å². The highest BCUT2D eigenvalue weighted by molar-refractivity contribution is 5.73. The van der Waals surface area contributed by atoms with Gasteiger partial charge in [0, 0.05) is 0 Å². The second kappa shape index (κ2) is 8.26. The van der Waals surface area contributed by atoms with E-state index >= 15 is 0 Å². The third-order valence-electron chi connectivity index (χ3n) is 1.79. The highest BCUT2D eigenvalue weighted by atomic mass is 16.4. The second-order valence-electron chi connectivity index (χ2n) is 3.23. The molecule has 0 aliphatic heterocycles. The number of carbonyl (C=O) groups is 2. The summed E-state index contributed by atoms with van der Waals surface area (Å²) in [5, 5.41) is 16.1. The molecular formula is C11H16N2O4. The average Bonchev–Trinajstić information content (AvgIpc) is 2.31. The first-order chi connectivity index (χ1) is 7.97. The highest BCUT2D eigenvalue weighted by Gasteiger charge is 2.10. The van der Waals surface area contributed by atoms with Crippen LogP contribution in [0.1, 0.15) is 5.56 Å². The van der Waals surface area contributed by atoms with Gasteiger partial charge in [-0.05, 0) is 12.0 Å². The van der Waals surface area contributed by atoms with Gasteiger partial charge in [0.1, 0.15) is 6.04 Å². The largest absolute Gasteiger partial charge is 0.480 e. The molecule has 0 saturated heterocycles. The highest BCUT2D eigenvalue weighted by Crippen LogP contribution is 2.01. The van der Waals surface area contributed by atoms with Crippen LogP contribution in [0.3, 0.4) is 0 Å². The van der Waals surface area contributed by atoms with Crippen molar-refractivity contribution in [2.24, 2.45) is 11.5 Å². The minimum atomic E-state index is -0.968. The first kappa shape index (κ1) is 15.1. The summed E-state index contributed by atoms with van der Waals surface area (Å²) in [4.78, 5) is 19.6. The van der Waals surface area contributed by atoms with Gasteiger partial charge in [0.25, 0.3) is 0 Å². The molecule has 1 aromatic carbocycles. The van der Waals surface area contributed by atoms with Gasteiger partial charge in [0.2, 0.25) is 0 Å². The van der Waals surface area contributed by atoms with Crippen molar-refractivity contribution in [3.63, 3.8) is 0 Å². The summed E-state index contributed by atoms with van der Waals surface area (Å²) >= 11 is 0. The molecule has 6 N–H and O–H groups in total. The molecule has 0 aliphatic carbocycles. The summed E-state index contributed by atoms with van der Waals surface area (Å²) in [5.41, 5.74) is 10.9. The predicted molar refractivity (Wildman–Crippen MR) is 62.4 cm³/mol. The van der Waals surface area contributed by atoms with Crippen LogP contribution in [0, 0.1) is 0 Å². The summed E-state index contributed by atoms with van der Waals surface area (Å²) < 4.78 is 0. The van der Waals surface area contributed by atoms with E-state index in [1.807, 2.05) is 30.3 Å². The van der Waals surface area contributed by atoms with Crippen LogP contribution in [0.2, 0.25) is 0 Å². The van der Waals surface area contributed by atoms with Gasteiger partial charge in [0.05, 0.1) is 6.54 Å². The molecule has 1 aromatic rings. The van der Waals surface area contributed by atoms with Crippen molar-refractivity contribution in [2.75, 3.05) is 6.54 Å². The van der Waals surface area contributed by atoms with Crippen molar-refractivity contribution < 1.29 is 19.8 Å². The normalized spacial score (nSPS) is 10.9. The molecule has 0 saturated carbocycles. The van der Waals surface area contributed by atoms with E-state index < -0.39 is 18.0 Å². The Hall–Kier alpha value is -1.92. The molecule has 0 aliphatic rings. The van der Waals surface area contributed by atoms with E-state index in [9.17, 15) is 9.59 Å². The molecule has 1 rings (SSSR count). The third-order valence-corrected chi connectivity index (χ3v) is 1.79. The summed E-state index contributed by atoms with van der Waals surface area (Å²) in [6, 6.07) is 8.54. The standard InChI is InChI=1S/C9H11NO2.C2H5NO2/c10-8(9(11)12)6-7-4-2-1-3-5-7;3-1-2(4)5/h1-5,8H,6,10H2,(H,11,12);1,3H2,(H,4,5)/t8-;/m0./s1. The summed E-state index contributed by atoms with van der Waals surface area (Å²) in [6.07, 6.45) is 0.385. The monoisotopic (exact) mass is 240 g/mol. The Labute approximate surface area is 98.9 Å². The lowest BCUT2D eigenvalue weighted by Crippen LogP contribution is -2.32. The number of hydrogen-bond acceptors (Lipinski definition) is 4. The van der Waals surface area contributed by atoms with E-state index in [4.69, 9.17) is 15.9 Å². The molecule has 94 valence electrons. The van der Waals surface area contributed by atoms with Crippen LogP contribution in [0.4, 0.5) is 0 Å². The van der Waals surface area contributed by atoms with Crippen molar-refractivity contribution in [3.8, 4) is 0 Å². The second-order valence-corrected chi connectivity index (χ2v) is 3.23. The van der Waals surface area contributed by atoms with Crippen LogP contribution < -0.4 is 11.5 Å². The van der Waals surface area contributed by atoms with Gasteiger partial charge < -0.3 is 21.7 Å². The molecule has 1 atom stereocenters. The Balaban J connectivity index is 0.000000437. The molecule has 0 amide bonds. The number of carboxylic acids is 2. The minimum Gasteiger partial charge on any atom is -0.480 e. The van der Waals surface area contributed by atoms with Crippen molar-refractivity contribution in [3.05, 3.63) is 35.9 Å². The zero-order chi connectivity index (χ0) is 13.3. The van der Waals surface area contributed by atoms with E-state index in [2.05, 4.69) is 5.73 Å². The Kier molecular flexibility index (Phi) is 7.32. The molecule has 6 heteroatoms. The van der Waals surface area contributed by atoms with Gasteiger partial charge in [0.15, 0.2) is 0 Å². The smallest absolute Gasteiger partial charge is 0.320 e. The summed E-state index contributed by atoms with van der Waals surface area (Å²) in [7, 11) is 0. The molecule has 0 bridgehead atoms. The molecule has 17 heavy (non-hydrogen) atoms. The Morgan fingerprint density at radius 2 is 1.65 bits per heavy atom. The lowest BCUT2D eigenvalue weighted by Gasteiger charge is -2.04. The van der Waals surface area contributed by atoms with Crippen molar-refractivity contribution >= 4 is 11.9 Å². The molecule has 0 fully saturated rings. The Bertz CT molecular complexity index is 354. The van der Waals surface area contributed by atoms with E-state index in [1.54, 1.807) is 0 Å². The number of benzene rings is 1. The van der Waals surface area contributed by atoms with Crippen molar-refractivity contribution in [1.29, 1.82) is 0 Å². The first-order valence-corrected chi connectivity index (χ1v) is 4.91.